The van der Waals surface area contributed by atoms with Crippen LogP contribution in [-0.4, -0.2) is 161 Å². The van der Waals surface area contributed by atoms with Gasteiger partial charge in [0.25, 0.3) is 6.43 Å². The molecule has 4 N–H and O–H groups in total. The number of hydrogen-bond acceptors (Lipinski definition) is 13. The lowest BCUT2D eigenvalue weighted by Gasteiger charge is -2.55. The number of aliphatic hydroxyl groups is 1. The van der Waals surface area contributed by atoms with Gasteiger partial charge in [-0.3, -0.25) is 24.3 Å². The van der Waals surface area contributed by atoms with E-state index in [1.54, 1.807) is 25.2 Å². The molecule has 2 aromatic rings. The van der Waals surface area contributed by atoms with E-state index in [1.165, 1.54) is 12.4 Å². The highest BCUT2D eigenvalue weighted by Gasteiger charge is 2.58. The number of rotatable bonds is 12. The summed E-state index contributed by atoms with van der Waals surface area (Å²) in [5.41, 5.74) is 9.40. The monoisotopic (exact) mass is 931 g/mol. The number of aliphatic hydroxyl groups excluding tert-OH is 1. The fourth-order valence-corrected chi connectivity index (χ4v) is 12.3. The van der Waals surface area contributed by atoms with Crippen LogP contribution in [0.25, 0.3) is 5.57 Å². The number of amidine groups is 1. The molecule has 7 aliphatic rings. The number of hydrazone groups is 1. The molecule has 362 valence electrons. The van der Waals surface area contributed by atoms with Crippen molar-refractivity contribution in [2.45, 2.75) is 103 Å². The number of allylic oxidation sites excluding steroid dienone is 1. The third kappa shape index (κ3) is 8.64. The van der Waals surface area contributed by atoms with Gasteiger partial charge in [0, 0.05) is 116 Å². The van der Waals surface area contributed by atoms with Crippen LogP contribution in [0.15, 0.2) is 46.6 Å². The van der Waals surface area contributed by atoms with Gasteiger partial charge in [0.2, 0.25) is 12.5 Å². The van der Waals surface area contributed by atoms with Crippen molar-refractivity contribution in [2.24, 2.45) is 27.2 Å². The maximum Gasteiger partial charge on any atom is 0.347 e. The number of piperidine rings is 3. The van der Waals surface area contributed by atoms with E-state index in [9.17, 15) is 38.8 Å². The largest absolute Gasteiger partial charge is 0.633 e. The maximum atomic E-state index is 14.8. The Morgan fingerprint density at radius 2 is 1.93 bits per heavy atom. The fraction of sp³-hybridized carbons (Fsp3) is 0.625. The third-order valence-corrected chi connectivity index (χ3v) is 16.1. The number of benzene rings is 2. The van der Waals surface area contributed by atoms with Crippen molar-refractivity contribution < 1.29 is 37.5 Å². The average Bonchev–Trinajstić information content (AvgIpc) is 3.76. The minimum Gasteiger partial charge on any atom is -0.633 e. The molecular formula is C48H66F2N11O6+. The Morgan fingerprint density at radius 3 is 2.63 bits per heavy atom. The van der Waals surface area contributed by atoms with Gasteiger partial charge in [-0.15, -0.1) is 0 Å². The lowest BCUT2D eigenvalue weighted by atomic mass is 9.75. The second kappa shape index (κ2) is 18.5. The second-order valence-corrected chi connectivity index (χ2v) is 20.2. The predicted octanol–water partition coefficient (Wildman–Crippen LogP) is 4.77. The highest BCUT2D eigenvalue weighted by Crippen LogP contribution is 2.48. The molecule has 19 heteroatoms. The van der Waals surface area contributed by atoms with Gasteiger partial charge in [0.05, 0.1) is 49.2 Å². The summed E-state index contributed by atoms with van der Waals surface area (Å²) in [7, 11) is 1.58. The Bertz CT molecular complexity index is 2350. The summed E-state index contributed by atoms with van der Waals surface area (Å²) >= 11 is 0. The van der Waals surface area contributed by atoms with Crippen LogP contribution < -0.4 is 16.0 Å². The number of carbonyl (C=O) groups is 2. The zero-order chi connectivity index (χ0) is 47.4. The van der Waals surface area contributed by atoms with E-state index in [2.05, 4.69) is 32.0 Å². The lowest BCUT2D eigenvalue weighted by Crippen LogP contribution is -2.64. The smallest absolute Gasteiger partial charge is 0.347 e. The number of quaternary nitrogens is 2. The number of hydroxylamine groups is 6. The number of alkyl halides is 2. The van der Waals surface area contributed by atoms with Crippen molar-refractivity contribution in [3.05, 3.63) is 79.7 Å². The van der Waals surface area contributed by atoms with Crippen molar-refractivity contribution >= 4 is 40.8 Å². The van der Waals surface area contributed by atoms with E-state index in [0.717, 1.165) is 55.9 Å². The number of halogens is 2. The molecule has 0 spiro atoms. The Kier molecular flexibility index (Phi) is 13.0. The van der Waals surface area contributed by atoms with Crippen molar-refractivity contribution in [3.8, 4) is 0 Å². The Morgan fingerprint density at radius 1 is 1.15 bits per heavy atom. The van der Waals surface area contributed by atoms with Gasteiger partial charge < -0.3 is 41.0 Å². The van der Waals surface area contributed by atoms with Gasteiger partial charge >= 0.3 is 12.1 Å². The summed E-state index contributed by atoms with van der Waals surface area (Å²) in [6, 6.07) is 8.03. The fourth-order valence-electron chi connectivity index (χ4n) is 12.3. The van der Waals surface area contributed by atoms with Crippen LogP contribution in [0, 0.1) is 26.7 Å². The molecule has 4 fully saturated rings. The number of likely N-dealkylation sites (tertiary alicyclic amines) is 3. The van der Waals surface area contributed by atoms with Gasteiger partial charge in [0.1, 0.15) is 12.4 Å². The molecule has 17 nitrogen and oxygen atoms in total. The van der Waals surface area contributed by atoms with Gasteiger partial charge in [-0.2, -0.15) is 5.10 Å². The predicted molar refractivity (Wildman–Crippen MR) is 252 cm³/mol. The molecule has 0 aliphatic carbocycles. The van der Waals surface area contributed by atoms with E-state index in [0.29, 0.717) is 110 Å². The molecule has 0 saturated carbocycles. The molecule has 9 rings (SSSR count). The first-order valence-electron chi connectivity index (χ1n) is 24.2. The SMILES string of the molecule is CC[N+]1([O-])CCC2N(C3CCN(C(=O)CN4CC(CCNc5cccc6c5C[N+]([O-])(C5CCC(O)[N+](=O)C5)C6=O)C4)CC3)N=C(N3CCCc4cc(/C(C=NC)=C/N)c(C(F)F)cc43)C2(C)C1. The van der Waals surface area contributed by atoms with Crippen molar-refractivity contribution in [1.29, 1.82) is 0 Å². The molecule has 0 aromatic heterocycles. The number of carbonyl (C=O) groups excluding carboxylic acids is 2. The Hall–Kier alpha value is -4.92. The highest BCUT2D eigenvalue weighted by molar-refractivity contribution is 6.11. The average molecular weight is 931 g/mol. The number of nitrogens with one attached hydrogen (secondary N) is 1. The molecule has 0 bridgehead atoms. The Balaban J connectivity index is 0.803. The van der Waals surface area contributed by atoms with Crippen LogP contribution >= 0.6 is 0 Å². The molecular weight excluding hydrogens is 865 g/mol. The summed E-state index contributed by atoms with van der Waals surface area (Å²) in [5.74, 6) is 0.735. The summed E-state index contributed by atoms with van der Waals surface area (Å²) in [5, 5.41) is 48.9. The molecule has 6 atom stereocenters. The summed E-state index contributed by atoms with van der Waals surface area (Å²) in [6.07, 6.45) is 3.90. The third-order valence-electron chi connectivity index (χ3n) is 16.1. The van der Waals surface area contributed by atoms with Crippen molar-refractivity contribution in [2.75, 3.05) is 89.3 Å². The van der Waals surface area contributed by atoms with Crippen LogP contribution in [0.5, 0.6) is 0 Å². The molecule has 7 aliphatic heterocycles. The van der Waals surface area contributed by atoms with E-state index in [-0.39, 0.29) is 47.7 Å². The topological polar surface area (TPSA) is 196 Å². The van der Waals surface area contributed by atoms with Crippen LogP contribution in [0.3, 0.4) is 0 Å². The molecule has 2 amide bonds. The normalized spacial score (nSPS) is 30.8. The zero-order valence-corrected chi connectivity index (χ0v) is 39.0. The van der Waals surface area contributed by atoms with Gasteiger partial charge in [-0.1, -0.05) is 6.07 Å². The quantitative estimate of drug-likeness (QED) is 0.115. The summed E-state index contributed by atoms with van der Waals surface area (Å²) < 4.78 is 28.6. The van der Waals surface area contributed by atoms with Gasteiger partial charge in [-0.05, 0) is 87.3 Å². The molecule has 7 heterocycles. The minimum atomic E-state index is -2.74. The number of aryl methyl sites for hydroxylation is 1. The molecule has 6 unspecified atom stereocenters. The van der Waals surface area contributed by atoms with Crippen LogP contribution in [0.4, 0.5) is 20.2 Å². The first kappa shape index (κ1) is 47.2. The summed E-state index contributed by atoms with van der Waals surface area (Å²) in [6.45, 7) is 9.51. The number of nitrogens with two attached hydrogens (primary N) is 1. The number of nitroso groups, excluding NO2 is 1. The summed E-state index contributed by atoms with van der Waals surface area (Å²) in [4.78, 5) is 49.4. The first-order valence-corrected chi connectivity index (χ1v) is 24.2. The van der Waals surface area contributed by atoms with Crippen LogP contribution in [0.1, 0.15) is 97.8 Å². The highest BCUT2D eigenvalue weighted by atomic mass is 19.3. The zero-order valence-electron chi connectivity index (χ0n) is 39.0. The van der Waals surface area contributed by atoms with Gasteiger partial charge in [-0.25, -0.2) is 13.6 Å². The van der Waals surface area contributed by atoms with E-state index in [1.807, 2.05) is 24.0 Å². The number of fused-ring (bicyclic) bond motifs is 3. The number of aliphatic imine (C=N–C) groups is 1. The molecule has 4 saturated heterocycles. The minimum absolute atomic E-state index is 0.0333. The van der Waals surface area contributed by atoms with Crippen LogP contribution in [0.2, 0.25) is 0 Å². The van der Waals surface area contributed by atoms with Crippen molar-refractivity contribution in [3.63, 3.8) is 0 Å². The van der Waals surface area contributed by atoms with Gasteiger partial charge in [0.15, 0.2) is 6.04 Å². The molecule has 67 heavy (non-hydrogen) atoms. The van der Waals surface area contributed by atoms with Crippen molar-refractivity contribution in [1.82, 2.24) is 14.8 Å². The molecule has 0 radical (unpaired) electrons. The van der Waals surface area contributed by atoms with E-state index < -0.39 is 34.7 Å². The number of hydrogen-bond donors (Lipinski definition) is 3. The number of anilines is 2. The molecule has 2 aromatic carbocycles. The first-order chi connectivity index (χ1) is 32.1. The maximum absolute atomic E-state index is 14.8. The van der Waals surface area contributed by atoms with Crippen LogP contribution in [-0.2, 0) is 17.8 Å². The van der Waals surface area contributed by atoms with E-state index in [4.69, 9.17) is 10.8 Å². The second-order valence-electron chi connectivity index (χ2n) is 20.2. The number of amides is 2. The van der Waals surface area contributed by atoms with E-state index >= 15 is 0 Å². The standard InChI is InChI=1S/C48H66F2N11O6/c1-4-60(66)20-15-42-48(2,30-60)47(57-17-6-7-32-21-37(33(23-51)24-52-3)38(45(49)50)22-41(32)57)54-59(42)34-13-18-56(19-14-34)44(63)28-55-25-31(26-55)12-16-53-40-9-5-8-36-39(40)29-61(67,46(36)64)35-10-11-43(62)58(65)27-35/h5,8-9,21-24,31,34-35,42-43,45,53,62H,4,6-7,10-20,25-30,51H2,1-3H3/q+1/b33-23+,52-24?. The lowest BCUT2D eigenvalue weighted by molar-refractivity contribution is -0.890. The number of nitrogens with zero attached hydrogens (tertiary/aromatic N) is 9. The Labute approximate surface area is 390 Å².